The van der Waals surface area contributed by atoms with Crippen LogP contribution in [-0.4, -0.2) is 69.8 Å². The van der Waals surface area contributed by atoms with E-state index >= 15 is 0 Å². The summed E-state index contributed by atoms with van der Waals surface area (Å²) in [6.45, 7) is 9.74. The van der Waals surface area contributed by atoms with E-state index in [0.29, 0.717) is 32.2 Å². The second kappa shape index (κ2) is 12.7. The summed E-state index contributed by atoms with van der Waals surface area (Å²) >= 11 is 0. The lowest BCUT2D eigenvalue weighted by Gasteiger charge is -2.35. The number of hydrogen-bond donors (Lipinski definition) is 3. The third kappa shape index (κ3) is 7.41. The molecule has 2 saturated heterocycles. The molecule has 8 atom stereocenters. The van der Waals surface area contributed by atoms with Crippen LogP contribution in [0.15, 0.2) is 0 Å². The van der Waals surface area contributed by atoms with Gasteiger partial charge in [0, 0.05) is 13.0 Å². The predicted molar refractivity (Wildman–Crippen MR) is 125 cm³/mol. The third-order valence-electron chi connectivity index (χ3n) is 7.48. The summed E-state index contributed by atoms with van der Waals surface area (Å²) in [5.74, 6) is -1.87. The molecule has 0 spiro atoms. The fraction of sp³-hybridized carbons (Fsp3) is 0.880. The lowest BCUT2D eigenvalue weighted by Crippen LogP contribution is -2.56. The number of aliphatic hydroxyl groups excluding tert-OH is 2. The average molecular weight is 469 g/mol. The minimum absolute atomic E-state index is 0.0192. The summed E-state index contributed by atoms with van der Waals surface area (Å²) in [5.41, 5.74) is 0. The molecule has 33 heavy (non-hydrogen) atoms. The average Bonchev–Trinajstić information content (AvgIpc) is 3.27. The number of rotatable bonds is 8. The van der Waals surface area contributed by atoms with Crippen LogP contribution >= 0.6 is 0 Å². The number of esters is 1. The van der Waals surface area contributed by atoms with Gasteiger partial charge in [0.2, 0.25) is 11.8 Å². The first-order chi connectivity index (χ1) is 15.6. The van der Waals surface area contributed by atoms with Gasteiger partial charge < -0.3 is 25.2 Å². The van der Waals surface area contributed by atoms with Gasteiger partial charge in [0.15, 0.2) is 0 Å². The van der Waals surface area contributed by atoms with Gasteiger partial charge in [-0.3, -0.25) is 9.59 Å². The number of hydrogen-bond acceptors (Lipinski definition) is 6. The second-order valence-electron chi connectivity index (χ2n) is 10.2. The fourth-order valence-electron chi connectivity index (χ4n) is 4.76. The van der Waals surface area contributed by atoms with Gasteiger partial charge in [-0.15, -0.1) is 0 Å². The SMILES string of the molecule is CC[C@H](C)[C@H]1NC(=O)C(C)C(O)CC(C(C)CCCCC(C)O)OC(=O)[C@@H]2CCCN2C1=O. The summed E-state index contributed by atoms with van der Waals surface area (Å²) in [6.07, 6.45) is 3.48. The second-order valence-corrected chi connectivity index (χ2v) is 10.2. The Morgan fingerprint density at radius 1 is 1.12 bits per heavy atom. The minimum Gasteiger partial charge on any atom is -0.460 e. The van der Waals surface area contributed by atoms with Gasteiger partial charge >= 0.3 is 5.97 Å². The number of ether oxygens (including phenoxy) is 1. The van der Waals surface area contributed by atoms with Crippen LogP contribution in [0.1, 0.15) is 86.0 Å². The van der Waals surface area contributed by atoms with E-state index < -0.39 is 36.2 Å². The van der Waals surface area contributed by atoms with Gasteiger partial charge in [-0.2, -0.15) is 0 Å². The van der Waals surface area contributed by atoms with Crippen molar-refractivity contribution in [3.63, 3.8) is 0 Å². The number of nitrogens with one attached hydrogen (secondary N) is 1. The number of amides is 2. The minimum atomic E-state index is -0.991. The first-order valence-electron chi connectivity index (χ1n) is 12.7. The van der Waals surface area contributed by atoms with Crippen LogP contribution in [0, 0.1) is 17.8 Å². The molecule has 0 bridgehead atoms. The van der Waals surface area contributed by atoms with Gasteiger partial charge in [-0.25, -0.2) is 4.79 Å². The van der Waals surface area contributed by atoms with Crippen molar-refractivity contribution < 1.29 is 29.3 Å². The van der Waals surface area contributed by atoms with Crippen LogP contribution in [0.2, 0.25) is 0 Å². The van der Waals surface area contributed by atoms with Crippen LogP contribution in [-0.2, 0) is 19.1 Å². The molecule has 8 heteroatoms. The highest BCUT2D eigenvalue weighted by atomic mass is 16.5. The normalized spacial score (nSPS) is 32.2. The number of nitrogens with zero attached hydrogens (tertiary/aromatic N) is 1. The van der Waals surface area contributed by atoms with Crippen molar-refractivity contribution in [3.8, 4) is 0 Å². The molecule has 0 radical (unpaired) electrons. The molecule has 2 fully saturated rings. The largest absolute Gasteiger partial charge is 0.460 e. The first kappa shape index (κ1) is 27.6. The van der Waals surface area contributed by atoms with Crippen molar-refractivity contribution in [2.24, 2.45) is 17.8 Å². The number of cyclic esters (lactones) is 1. The van der Waals surface area contributed by atoms with E-state index in [1.54, 1.807) is 18.7 Å². The van der Waals surface area contributed by atoms with Gasteiger partial charge in [0.1, 0.15) is 18.2 Å². The van der Waals surface area contributed by atoms with Gasteiger partial charge in [-0.1, -0.05) is 47.0 Å². The lowest BCUT2D eigenvalue weighted by atomic mass is 9.88. The maximum absolute atomic E-state index is 13.4. The van der Waals surface area contributed by atoms with E-state index in [1.807, 2.05) is 20.8 Å². The monoisotopic (exact) mass is 468 g/mol. The zero-order chi connectivity index (χ0) is 24.7. The quantitative estimate of drug-likeness (QED) is 0.372. The predicted octanol–water partition coefficient (Wildman–Crippen LogP) is 2.40. The first-order valence-corrected chi connectivity index (χ1v) is 12.7. The molecule has 3 N–H and O–H groups in total. The molecule has 0 aromatic heterocycles. The summed E-state index contributed by atoms with van der Waals surface area (Å²) in [4.78, 5) is 41.1. The Morgan fingerprint density at radius 2 is 1.79 bits per heavy atom. The number of carbonyl (C=O) groups is 3. The van der Waals surface area contributed by atoms with E-state index in [2.05, 4.69) is 5.32 Å². The molecule has 0 aromatic rings. The van der Waals surface area contributed by atoms with Crippen molar-refractivity contribution in [2.75, 3.05) is 6.54 Å². The molecular weight excluding hydrogens is 424 g/mol. The van der Waals surface area contributed by atoms with E-state index in [9.17, 15) is 24.6 Å². The van der Waals surface area contributed by atoms with Crippen molar-refractivity contribution in [1.82, 2.24) is 10.2 Å². The summed E-state index contributed by atoms with van der Waals surface area (Å²) in [7, 11) is 0. The Bertz CT molecular complexity index is 669. The Hall–Kier alpha value is -1.67. The number of carbonyl (C=O) groups excluding carboxylic acids is 3. The fourth-order valence-corrected chi connectivity index (χ4v) is 4.76. The molecular formula is C25H44N2O6. The number of fused-ring (bicyclic) bond motifs is 1. The van der Waals surface area contributed by atoms with Crippen LogP contribution in [0.3, 0.4) is 0 Å². The molecule has 0 aliphatic carbocycles. The highest BCUT2D eigenvalue weighted by Gasteiger charge is 2.42. The van der Waals surface area contributed by atoms with Gasteiger partial charge in [-0.05, 0) is 44.4 Å². The van der Waals surface area contributed by atoms with Crippen molar-refractivity contribution in [3.05, 3.63) is 0 Å². The Labute approximate surface area is 198 Å². The third-order valence-corrected chi connectivity index (χ3v) is 7.48. The van der Waals surface area contributed by atoms with Gasteiger partial charge in [0.05, 0.1) is 18.1 Å². The van der Waals surface area contributed by atoms with Crippen molar-refractivity contribution >= 4 is 17.8 Å². The highest BCUT2D eigenvalue weighted by Crippen LogP contribution is 2.28. The highest BCUT2D eigenvalue weighted by molar-refractivity contribution is 5.92. The molecule has 2 amide bonds. The molecule has 0 saturated carbocycles. The van der Waals surface area contributed by atoms with E-state index in [-0.39, 0.29) is 36.2 Å². The summed E-state index contributed by atoms with van der Waals surface area (Å²) < 4.78 is 5.93. The molecule has 5 unspecified atom stereocenters. The number of unbranched alkanes of at least 4 members (excludes halogenated alkanes) is 1. The topological polar surface area (TPSA) is 116 Å². The lowest BCUT2D eigenvalue weighted by molar-refractivity contribution is -0.164. The summed E-state index contributed by atoms with van der Waals surface area (Å²) in [6, 6.07) is -1.38. The van der Waals surface area contributed by atoms with E-state index in [4.69, 9.17) is 4.74 Å². The van der Waals surface area contributed by atoms with E-state index in [1.165, 1.54) is 0 Å². The molecule has 8 nitrogen and oxygen atoms in total. The van der Waals surface area contributed by atoms with Crippen LogP contribution in [0.25, 0.3) is 0 Å². The molecule has 2 rings (SSSR count). The maximum atomic E-state index is 13.4. The Balaban J connectivity index is 2.24. The van der Waals surface area contributed by atoms with Crippen molar-refractivity contribution in [1.29, 1.82) is 0 Å². The summed E-state index contributed by atoms with van der Waals surface area (Å²) in [5, 5.41) is 23.2. The smallest absolute Gasteiger partial charge is 0.329 e. The Morgan fingerprint density at radius 3 is 2.42 bits per heavy atom. The molecule has 190 valence electrons. The van der Waals surface area contributed by atoms with Crippen LogP contribution in [0.4, 0.5) is 0 Å². The zero-order valence-electron chi connectivity index (χ0n) is 21.0. The van der Waals surface area contributed by atoms with E-state index in [0.717, 1.165) is 19.3 Å². The van der Waals surface area contributed by atoms with Crippen molar-refractivity contribution in [2.45, 2.75) is 116 Å². The zero-order valence-corrected chi connectivity index (χ0v) is 21.0. The maximum Gasteiger partial charge on any atom is 0.329 e. The molecule has 2 heterocycles. The standard InChI is InChI=1S/C25H44N2O6/c1-6-15(2)22-24(31)27-13-9-12-19(27)25(32)33-21(14-20(29)18(5)23(30)26-22)16(3)10-7-8-11-17(4)28/h15-22,28-29H,6-14H2,1-5H3,(H,26,30)/t15-,16?,17?,18?,19-,20?,21?,22+/m0/s1. The molecule has 0 aromatic carbocycles. The molecule has 2 aliphatic heterocycles. The Kier molecular flexibility index (Phi) is 10.6. The van der Waals surface area contributed by atoms with Gasteiger partial charge in [0.25, 0.3) is 0 Å². The number of aliphatic hydroxyl groups is 2. The van der Waals surface area contributed by atoms with Crippen LogP contribution < -0.4 is 5.32 Å². The molecule has 2 aliphatic rings. The van der Waals surface area contributed by atoms with Crippen LogP contribution in [0.5, 0.6) is 0 Å².